The lowest BCUT2D eigenvalue weighted by Gasteiger charge is -2.44. The summed E-state index contributed by atoms with van der Waals surface area (Å²) in [6.45, 7) is 2.25. The van der Waals surface area contributed by atoms with Crippen LogP contribution in [0.4, 0.5) is 0 Å². The van der Waals surface area contributed by atoms with E-state index in [2.05, 4.69) is 15.9 Å². The molecule has 1 aliphatic rings. The first kappa shape index (κ1) is 13.1. The van der Waals surface area contributed by atoms with Crippen LogP contribution in [0.3, 0.4) is 0 Å². The fourth-order valence-corrected chi connectivity index (χ4v) is 5.34. The minimum Gasteiger partial charge on any atom is -0.481 e. The van der Waals surface area contributed by atoms with Gasteiger partial charge in [0.25, 0.3) is 5.91 Å². The van der Waals surface area contributed by atoms with Gasteiger partial charge in [-0.25, -0.2) is 0 Å². The summed E-state index contributed by atoms with van der Waals surface area (Å²) in [4.78, 5) is 25.5. The van der Waals surface area contributed by atoms with Gasteiger partial charge in [0.1, 0.15) is 5.41 Å². The van der Waals surface area contributed by atoms with E-state index in [1.165, 1.54) is 11.3 Å². The topological polar surface area (TPSA) is 57.6 Å². The quantitative estimate of drug-likeness (QED) is 0.894. The van der Waals surface area contributed by atoms with E-state index in [0.717, 1.165) is 13.2 Å². The molecule has 0 bridgehead atoms. The molecule has 0 atom stereocenters. The molecule has 1 N–H and O–H groups in total. The van der Waals surface area contributed by atoms with Crippen LogP contribution in [0.1, 0.15) is 16.6 Å². The Bertz CT molecular complexity index is 653. The molecule has 19 heavy (non-hydrogen) atoms. The molecule has 7 heteroatoms. The Labute approximate surface area is 125 Å². The van der Waals surface area contributed by atoms with Crippen LogP contribution < -0.4 is 0 Å². The van der Waals surface area contributed by atoms with E-state index < -0.39 is 11.4 Å². The predicted molar refractivity (Wildman–Crippen MR) is 79.0 cm³/mol. The van der Waals surface area contributed by atoms with E-state index in [-0.39, 0.29) is 19.0 Å². The lowest BCUT2D eigenvalue weighted by Crippen LogP contribution is -2.60. The highest BCUT2D eigenvalue weighted by atomic mass is 79.9. The van der Waals surface area contributed by atoms with Crippen molar-refractivity contribution in [1.82, 2.24) is 4.90 Å². The fourth-order valence-electron chi connectivity index (χ4n) is 2.15. The number of hydrogen-bond donors (Lipinski definition) is 1. The standard InChI is InChI=1S/C12H10BrNO3S2/c1-12(11(16)17)4-14(5-12)9(15)7-2-6-3-8(13)19-10(6)18-7/h2-3H,4-5H2,1H3,(H,16,17). The molecule has 3 rings (SSSR count). The van der Waals surface area contributed by atoms with Crippen molar-refractivity contribution in [3.8, 4) is 0 Å². The SMILES string of the molecule is CC1(C(=O)O)CN(C(=O)c2cc3cc(Br)sc3s2)C1. The molecule has 1 fully saturated rings. The molecule has 1 aliphatic heterocycles. The van der Waals surface area contributed by atoms with Crippen LogP contribution in [0.2, 0.25) is 0 Å². The predicted octanol–water partition coefficient (Wildman–Crippen LogP) is 3.27. The first-order valence-corrected chi connectivity index (χ1v) is 8.03. The Morgan fingerprint density at radius 2 is 2.05 bits per heavy atom. The Kier molecular flexibility index (Phi) is 2.95. The van der Waals surface area contributed by atoms with Crippen LogP contribution in [-0.4, -0.2) is 35.0 Å². The highest BCUT2D eigenvalue weighted by molar-refractivity contribution is 9.11. The van der Waals surface area contributed by atoms with E-state index in [1.807, 2.05) is 12.1 Å². The number of amides is 1. The number of aliphatic carboxylic acids is 1. The lowest BCUT2D eigenvalue weighted by atomic mass is 9.82. The monoisotopic (exact) mass is 359 g/mol. The number of carbonyl (C=O) groups excluding carboxylic acids is 1. The van der Waals surface area contributed by atoms with Crippen molar-refractivity contribution in [2.45, 2.75) is 6.92 Å². The summed E-state index contributed by atoms with van der Waals surface area (Å²) in [6.07, 6.45) is 0. The summed E-state index contributed by atoms with van der Waals surface area (Å²) < 4.78 is 2.16. The summed E-state index contributed by atoms with van der Waals surface area (Å²) >= 11 is 6.48. The molecule has 0 radical (unpaired) electrons. The van der Waals surface area contributed by atoms with Crippen LogP contribution >= 0.6 is 38.6 Å². The molecule has 0 unspecified atom stereocenters. The molecule has 100 valence electrons. The van der Waals surface area contributed by atoms with Crippen molar-refractivity contribution in [3.63, 3.8) is 0 Å². The van der Waals surface area contributed by atoms with Crippen LogP contribution in [0.15, 0.2) is 15.9 Å². The van der Waals surface area contributed by atoms with Gasteiger partial charge in [-0.15, -0.1) is 22.7 Å². The van der Waals surface area contributed by atoms with Gasteiger partial charge in [-0.3, -0.25) is 9.59 Å². The number of rotatable bonds is 2. The minimum absolute atomic E-state index is 0.0664. The average Bonchev–Trinajstić information content (AvgIpc) is 2.80. The molecule has 4 nitrogen and oxygen atoms in total. The van der Waals surface area contributed by atoms with Crippen LogP contribution in [0, 0.1) is 5.41 Å². The molecule has 1 amide bonds. The second kappa shape index (κ2) is 4.29. The third kappa shape index (κ3) is 2.09. The van der Waals surface area contributed by atoms with E-state index in [1.54, 1.807) is 23.2 Å². The molecule has 0 aromatic carbocycles. The third-order valence-corrected chi connectivity index (χ3v) is 6.16. The van der Waals surface area contributed by atoms with E-state index in [4.69, 9.17) is 5.11 Å². The molecule has 0 saturated carbocycles. The zero-order chi connectivity index (χ0) is 13.8. The molecule has 2 aromatic heterocycles. The maximum absolute atomic E-state index is 12.2. The second-order valence-electron chi connectivity index (χ2n) is 4.93. The summed E-state index contributed by atoms with van der Waals surface area (Å²) in [6, 6.07) is 3.87. The summed E-state index contributed by atoms with van der Waals surface area (Å²) in [5, 5.41) is 10.1. The number of carboxylic acid groups (broad SMARTS) is 1. The van der Waals surface area contributed by atoms with Gasteiger partial charge in [0.15, 0.2) is 0 Å². The molecule has 0 aliphatic carbocycles. The largest absolute Gasteiger partial charge is 0.481 e. The average molecular weight is 360 g/mol. The second-order valence-corrected chi connectivity index (χ2v) is 8.67. The van der Waals surface area contributed by atoms with Gasteiger partial charge in [-0.2, -0.15) is 0 Å². The van der Waals surface area contributed by atoms with E-state index in [0.29, 0.717) is 4.88 Å². The van der Waals surface area contributed by atoms with Gasteiger partial charge in [-0.1, -0.05) is 0 Å². The number of likely N-dealkylation sites (tertiary alicyclic amines) is 1. The Morgan fingerprint density at radius 1 is 1.37 bits per heavy atom. The first-order valence-electron chi connectivity index (χ1n) is 5.61. The highest BCUT2D eigenvalue weighted by Gasteiger charge is 2.47. The molecular formula is C12H10BrNO3S2. The van der Waals surface area contributed by atoms with Gasteiger partial charge >= 0.3 is 5.97 Å². The molecular weight excluding hydrogens is 350 g/mol. The van der Waals surface area contributed by atoms with Crippen molar-refractivity contribution in [1.29, 1.82) is 0 Å². The maximum Gasteiger partial charge on any atom is 0.312 e. The first-order chi connectivity index (χ1) is 8.89. The highest BCUT2D eigenvalue weighted by Crippen LogP contribution is 2.38. The van der Waals surface area contributed by atoms with Gasteiger partial charge in [0, 0.05) is 18.5 Å². The number of nitrogens with zero attached hydrogens (tertiary/aromatic N) is 1. The summed E-state index contributed by atoms with van der Waals surface area (Å²) in [5.41, 5.74) is -0.784. The Hall–Kier alpha value is -0.920. The van der Waals surface area contributed by atoms with Crippen LogP contribution in [-0.2, 0) is 4.79 Å². The minimum atomic E-state index is -0.840. The van der Waals surface area contributed by atoms with Gasteiger partial charge in [-0.05, 0) is 35.0 Å². The van der Waals surface area contributed by atoms with Crippen molar-refractivity contribution in [2.24, 2.45) is 5.41 Å². The Balaban J connectivity index is 1.78. The Morgan fingerprint density at radius 3 is 2.63 bits per heavy atom. The fraction of sp³-hybridized carbons (Fsp3) is 0.333. The zero-order valence-electron chi connectivity index (χ0n) is 9.97. The summed E-state index contributed by atoms with van der Waals surface area (Å²) in [7, 11) is 0. The maximum atomic E-state index is 12.2. The third-order valence-electron chi connectivity index (χ3n) is 3.28. The molecule has 1 saturated heterocycles. The van der Waals surface area contributed by atoms with Crippen molar-refractivity contribution < 1.29 is 14.7 Å². The van der Waals surface area contributed by atoms with Gasteiger partial charge in [0.2, 0.25) is 0 Å². The lowest BCUT2D eigenvalue weighted by molar-refractivity contribution is -0.155. The number of hydrogen-bond acceptors (Lipinski definition) is 4. The van der Waals surface area contributed by atoms with Crippen LogP contribution in [0.25, 0.3) is 9.40 Å². The number of fused-ring (bicyclic) bond motifs is 1. The van der Waals surface area contributed by atoms with E-state index >= 15 is 0 Å². The number of carboxylic acids is 1. The number of thiophene rings is 2. The molecule has 3 heterocycles. The normalized spacial score (nSPS) is 17.5. The molecule has 0 spiro atoms. The molecule has 2 aromatic rings. The zero-order valence-corrected chi connectivity index (χ0v) is 13.2. The van der Waals surface area contributed by atoms with Crippen molar-refractivity contribution in [3.05, 3.63) is 20.8 Å². The number of halogens is 1. The van der Waals surface area contributed by atoms with Gasteiger partial charge in [0.05, 0.1) is 12.7 Å². The smallest absolute Gasteiger partial charge is 0.312 e. The summed E-state index contributed by atoms with van der Waals surface area (Å²) in [5.74, 6) is -0.907. The number of carbonyl (C=O) groups is 2. The van der Waals surface area contributed by atoms with Crippen LogP contribution in [0.5, 0.6) is 0 Å². The van der Waals surface area contributed by atoms with Crippen molar-refractivity contribution >= 4 is 59.9 Å². The van der Waals surface area contributed by atoms with Crippen molar-refractivity contribution in [2.75, 3.05) is 13.1 Å². The van der Waals surface area contributed by atoms with Gasteiger partial charge < -0.3 is 10.0 Å². The van der Waals surface area contributed by atoms with E-state index in [9.17, 15) is 9.59 Å².